The van der Waals surface area contributed by atoms with Gasteiger partial charge in [0.1, 0.15) is 11.9 Å². The van der Waals surface area contributed by atoms with Gasteiger partial charge in [-0.05, 0) is 25.7 Å². The molecule has 4 nitrogen and oxygen atoms in total. The van der Waals surface area contributed by atoms with Crippen molar-refractivity contribution in [3.63, 3.8) is 0 Å². The summed E-state index contributed by atoms with van der Waals surface area (Å²) >= 11 is 0. The Labute approximate surface area is 89.4 Å². The van der Waals surface area contributed by atoms with Crippen LogP contribution in [0.1, 0.15) is 36.9 Å². The van der Waals surface area contributed by atoms with E-state index in [0.29, 0.717) is 0 Å². The minimum absolute atomic E-state index is 0.212. The first-order valence-electron chi connectivity index (χ1n) is 5.76. The Morgan fingerprint density at radius 1 is 1.47 bits per heavy atom. The van der Waals surface area contributed by atoms with E-state index in [1.165, 1.54) is 5.69 Å². The minimum atomic E-state index is 0.212. The lowest BCUT2D eigenvalue weighted by Gasteiger charge is -2.23. The van der Waals surface area contributed by atoms with Crippen molar-refractivity contribution >= 4 is 0 Å². The highest BCUT2D eigenvalue weighted by Gasteiger charge is 2.26. The standard InChI is InChI=1S/C11H17N3O/c12-8-3-4-9-6-13-11(14(9)7-8)10-2-1-5-15-10/h6,8,10H,1-5,7,12H2. The number of aryl methyl sites for hydroxylation is 1. The first-order valence-corrected chi connectivity index (χ1v) is 5.76. The number of aromatic nitrogens is 2. The van der Waals surface area contributed by atoms with Gasteiger partial charge in [-0.25, -0.2) is 4.98 Å². The molecule has 0 saturated carbocycles. The zero-order chi connectivity index (χ0) is 10.3. The molecular weight excluding hydrogens is 190 g/mol. The third-order valence-electron chi connectivity index (χ3n) is 3.38. The molecule has 2 unspecified atom stereocenters. The molecule has 0 radical (unpaired) electrons. The Kier molecular flexibility index (Phi) is 2.25. The van der Waals surface area contributed by atoms with Crippen LogP contribution in [0.3, 0.4) is 0 Å². The molecule has 3 heterocycles. The van der Waals surface area contributed by atoms with Crippen LogP contribution < -0.4 is 5.73 Å². The number of nitrogens with two attached hydrogens (primary N) is 1. The topological polar surface area (TPSA) is 53.1 Å². The maximum Gasteiger partial charge on any atom is 0.138 e. The summed E-state index contributed by atoms with van der Waals surface area (Å²) < 4.78 is 7.94. The second kappa shape index (κ2) is 3.61. The number of hydrogen-bond donors (Lipinski definition) is 1. The summed E-state index contributed by atoms with van der Waals surface area (Å²) in [5.74, 6) is 1.10. The van der Waals surface area contributed by atoms with Crippen molar-refractivity contribution in [3.05, 3.63) is 17.7 Å². The van der Waals surface area contributed by atoms with E-state index in [-0.39, 0.29) is 12.1 Å². The van der Waals surface area contributed by atoms with Crippen LogP contribution in [0.2, 0.25) is 0 Å². The van der Waals surface area contributed by atoms with E-state index in [9.17, 15) is 0 Å². The molecule has 4 heteroatoms. The van der Waals surface area contributed by atoms with Crippen LogP contribution in [0.25, 0.3) is 0 Å². The Morgan fingerprint density at radius 3 is 3.20 bits per heavy atom. The summed E-state index contributed by atoms with van der Waals surface area (Å²) in [6.07, 6.45) is 6.59. The summed E-state index contributed by atoms with van der Waals surface area (Å²) in [7, 11) is 0. The van der Waals surface area contributed by atoms with Gasteiger partial charge in [0.2, 0.25) is 0 Å². The van der Waals surface area contributed by atoms with Crippen LogP contribution in [-0.4, -0.2) is 22.2 Å². The maximum atomic E-state index is 5.99. The number of ether oxygens (including phenoxy) is 1. The number of fused-ring (bicyclic) bond motifs is 1. The van der Waals surface area contributed by atoms with Gasteiger partial charge in [0.05, 0.1) is 0 Å². The summed E-state index contributed by atoms with van der Waals surface area (Å²) in [5.41, 5.74) is 7.31. The summed E-state index contributed by atoms with van der Waals surface area (Å²) in [5, 5.41) is 0. The lowest BCUT2D eigenvalue weighted by Crippen LogP contribution is -2.32. The minimum Gasteiger partial charge on any atom is -0.370 e. The molecule has 0 amide bonds. The number of imidazole rings is 1. The fraction of sp³-hybridized carbons (Fsp3) is 0.727. The second-order valence-corrected chi connectivity index (χ2v) is 4.52. The monoisotopic (exact) mass is 207 g/mol. The largest absolute Gasteiger partial charge is 0.370 e. The van der Waals surface area contributed by atoms with Crippen molar-refractivity contribution in [3.8, 4) is 0 Å². The van der Waals surface area contributed by atoms with Crippen molar-refractivity contribution in [2.24, 2.45) is 5.73 Å². The first-order chi connectivity index (χ1) is 7.34. The van der Waals surface area contributed by atoms with E-state index < -0.39 is 0 Å². The van der Waals surface area contributed by atoms with Gasteiger partial charge in [0.25, 0.3) is 0 Å². The molecule has 0 spiro atoms. The molecule has 2 N–H and O–H groups in total. The molecule has 1 aromatic rings. The van der Waals surface area contributed by atoms with Crippen LogP contribution in [0.15, 0.2) is 6.20 Å². The highest BCUT2D eigenvalue weighted by atomic mass is 16.5. The normalized spacial score (nSPS) is 30.5. The van der Waals surface area contributed by atoms with Crippen molar-refractivity contribution in [2.45, 2.75) is 44.4 Å². The molecule has 2 atom stereocenters. The molecule has 1 fully saturated rings. The quantitative estimate of drug-likeness (QED) is 0.747. The highest BCUT2D eigenvalue weighted by Crippen LogP contribution is 2.29. The summed E-state index contributed by atoms with van der Waals surface area (Å²) in [6, 6.07) is 0.284. The molecule has 1 saturated heterocycles. The number of hydrogen-bond acceptors (Lipinski definition) is 3. The van der Waals surface area contributed by atoms with Gasteiger partial charge in [-0.2, -0.15) is 0 Å². The van der Waals surface area contributed by atoms with Crippen molar-refractivity contribution in [1.82, 2.24) is 9.55 Å². The molecule has 15 heavy (non-hydrogen) atoms. The zero-order valence-electron chi connectivity index (χ0n) is 8.85. The smallest absolute Gasteiger partial charge is 0.138 e. The van der Waals surface area contributed by atoms with Crippen LogP contribution >= 0.6 is 0 Å². The molecule has 3 rings (SSSR count). The van der Waals surface area contributed by atoms with Gasteiger partial charge in [-0.1, -0.05) is 0 Å². The van der Waals surface area contributed by atoms with Crippen LogP contribution in [0.4, 0.5) is 0 Å². The van der Waals surface area contributed by atoms with E-state index in [0.717, 1.165) is 44.7 Å². The third kappa shape index (κ3) is 1.58. The van der Waals surface area contributed by atoms with E-state index in [4.69, 9.17) is 10.5 Å². The van der Waals surface area contributed by atoms with Crippen LogP contribution in [-0.2, 0) is 17.7 Å². The molecule has 0 bridgehead atoms. The van der Waals surface area contributed by atoms with Gasteiger partial charge in [-0.15, -0.1) is 0 Å². The van der Waals surface area contributed by atoms with Gasteiger partial charge in [0, 0.05) is 31.1 Å². The Morgan fingerprint density at radius 2 is 2.40 bits per heavy atom. The van der Waals surface area contributed by atoms with E-state index in [1.54, 1.807) is 0 Å². The molecular formula is C11H17N3O. The van der Waals surface area contributed by atoms with E-state index in [1.807, 2.05) is 6.20 Å². The van der Waals surface area contributed by atoms with E-state index in [2.05, 4.69) is 9.55 Å². The number of rotatable bonds is 1. The summed E-state index contributed by atoms with van der Waals surface area (Å²) in [6.45, 7) is 1.78. The van der Waals surface area contributed by atoms with Crippen LogP contribution in [0.5, 0.6) is 0 Å². The average Bonchev–Trinajstić information content (AvgIpc) is 2.83. The molecule has 2 aliphatic rings. The number of nitrogens with zero attached hydrogens (tertiary/aromatic N) is 2. The van der Waals surface area contributed by atoms with Gasteiger partial charge in [0.15, 0.2) is 0 Å². The van der Waals surface area contributed by atoms with Crippen LogP contribution in [0, 0.1) is 0 Å². The molecule has 82 valence electrons. The predicted octanol–water partition coefficient (Wildman–Crippen LogP) is 1.01. The molecule has 1 aromatic heterocycles. The molecule has 2 aliphatic heterocycles. The van der Waals surface area contributed by atoms with Gasteiger partial charge in [-0.3, -0.25) is 0 Å². The third-order valence-corrected chi connectivity index (χ3v) is 3.38. The predicted molar refractivity (Wildman–Crippen MR) is 56.5 cm³/mol. The SMILES string of the molecule is NC1CCc2cnc(C3CCCO3)n2C1. The van der Waals surface area contributed by atoms with Crippen molar-refractivity contribution < 1.29 is 4.74 Å². The second-order valence-electron chi connectivity index (χ2n) is 4.52. The highest BCUT2D eigenvalue weighted by molar-refractivity contribution is 5.11. The maximum absolute atomic E-state index is 5.99. The fourth-order valence-electron chi connectivity index (χ4n) is 2.53. The Hall–Kier alpha value is -0.870. The summed E-state index contributed by atoms with van der Waals surface area (Å²) in [4.78, 5) is 4.50. The lowest BCUT2D eigenvalue weighted by atomic mass is 10.1. The first kappa shape index (κ1) is 9.36. The van der Waals surface area contributed by atoms with Gasteiger partial charge >= 0.3 is 0 Å². The van der Waals surface area contributed by atoms with Gasteiger partial charge < -0.3 is 15.0 Å². The fourth-order valence-corrected chi connectivity index (χ4v) is 2.53. The zero-order valence-corrected chi connectivity index (χ0v) is 8.85. The van der Waals surface area contributed by atoms with Crippen molar-refractivity contribution in [1.29, 1.82) is 0 Å². The lowest BCUT2D eigenvalue weighted by molar-refractivity contribution is 0.101. The molecule has 0 aliphatic carbocycles. The Balaban J connectivity index is 1.92. The van der Waals surface area contributed by atoms with Crippen molar-refractivity contribution in [2.75, 3.05) is 6.61 Å². The average molecular weight is 207 g/mol. The Bertz CT molecular complexity index is 355. The molecule has 0 aromatic carbocycles. The van der Waals surface area contributed by atoms with E-state index >= 15 is 0 Å².